The van der Waals surface area contributed by atoms with Gasteiger partial charge in [-0.15, -0.1) is 11.3 Å². The average Bonchev–Trinajstić information content (AvgIpc) is 3.46. The Morgan fingerprint density at radius 1 is 1.06 bits per heavy atom. The molecule has 1 unspecified atom stereocenters. The van der Waals surface area contributed by atoms with Crippen molar-refractivity contribution in [3.05, 3.63) is 93.4 Å². The number of benzene rings is 2. The molecule has 1 aliphatic heterocycles. The van der Waals surface area contributed by atoms with E-state index in [0.717, 1.165) is 0 Å². The second kappa shape index (κ2) is 9.30. The number of hydrogen-bond donors (Lipinski definition) is 1. The molecule has 0 fully saturated rings. The van der Waals surface area contributed by atoms with Crippen LogP contribution in [0.25, 0.3) is 0 Å². The quantitative estimate of drug-likeness (QED) is 0.403. The van der Waals surface area contributed by atoms with Crippen LogP contribution in [0.15, 0.2) is 77.4 Å². The molecule has 0 bridgehead atoms. The molecule has 0 radical (unpaired) electrons. The van der Waals surface area contributed by atoms with Crippen LogP contribution in [0.1, 0.15) is 38.6 Å². The lowest BCUT2D eigenvalue weighted by Crippen LogP contribution is -2.31. The number of ether oxygens (including phenoxy) is 2. The molecule has 33 heavy (non-hydrogen) atoms. The number of anilines is 1. The first-order valence-corrected chi connectivity index (χ1v) is 11.1. The summed E-state index contributed by atoms with van der Waals surface area (Å²) in [5.74, 6) is -1.56. The first-order chi connectivity index (χ1) is 16.0. The Hall–Kier alpha value is -3.91. The maximum Gasteiger partial charge on any atom is 0.338 e. The van der Waals surface area contributed by atoms with Crippen molar-refractivity contribution in [2.75, 3.05) is 18.6 Å². The fourth-order valence-corrected chi connectivity index (χ4v) is 4.40. The van der Waals surface area contributed by atoms with E-state index in [4.69, 9.17) is 9.47 Å². The maximum absolute atomic E-state index is 13.3. The maximum atomic E-state index is 13.3. The van der Waals surface area contributed by atoms with Crippen molar-refractivity contribution in [2.45, 2.75) is 13.0 Å². The van der Waals surface area contributed by atoms with Gasteiger partial charge in [0.1, 0.15) is 5.75 Å². The smallest absolute Gasteiger partial charge is 0.338 e. The number of carbonyl (C=O) groups excluding carboxylic acids is 3. The highest BCUT2D eigenvalue weighted by Crippen LogP contribution is 2.42. The van der Waals surface area contributed by atoms with Crippen molar-refractivity contribution in [3.63, 3.8) is 0 Å². The zero-order valence-electron chi connectivity index (χ0n) is 18.0. The highest BCUT2D eigenvalue weighted by Gasteiger charge is 2.44. The Kier molecular flexibility index (Phi) is 6.28. The molecule has 0 aliphatic carbocycles. The monoisotopic (exact) mass is 463 g/mol. The number of Topliss-reactive ketones (excluding diaryl/α,β-unsaturated/α-hetero) is 1. The van der Waals surface area contributed by atoms with E-state index in [2.05, 4.69) is 0 Å². The summed E-state index contributed by atoms with van der Waals surface area (Å²) in [6, 6.07) is 15.7. The predicted octanol–water partition coefficient (Wildman–Crippen LogP) is 4.72. The largest absolute Gasteiger partial charge is 0.503 e. The third-order valence-corrected chi connectivity index (χ3v) is 6.15. The van der Waals surface area contributed by atoms with Crippen LogP contribution in [0.5, 0.6) is 5.75 Å². The zero-order chi connectivity index (χ0) is 23.5. The first kappa shape index (κ1) is 22.3. The second-order valence-corrected chi connectivity index (χ2v) is 8.13. The molecule has 2 aromatic carbocycles. The molecule has 0 saturated carbocycles. The molecule has 4 rings (SSSR count). The van der Waals surface area contributed by atoms with Gasteiger partial charge in [0.15, 0.2) is 5.76 Å². The van der Waals surface area contributed by atoms with E-state index in [1.165, 1.54) is 16.2 Å². The Labute approximate surface area is 194 Å². The molecule has 8 heteroatoms. The molecule has 2 heterocycles. The van der Waals surface area contributed by atoms with Crippen LogP contribution >= 0.6 is 11.3 Å². The van der Waals surface area contributed by atoms with E-state index in [-0.39, 0.29) is 12.2 Å². The van der Waals surface area contributed by atoms with Crippen LogP contribution < -0.4 is 9.64 Å². The Morgan fingerprint density at radius 2 is 1.76 bits per heavy atom. The van der Waals surface area contributed by atoms with Crippen LogP contribution in [-0.4, -0.2) is 36.5 Å². The van der Waals surface area contributed by atoms with Gasteiger partial charge in [-0.25, -0.2) is 4.79 Å². The summed E-state index contributed by atoms with van der Waals surface area (Å²) in [4.78, 5) is 40.2. The predicted molar refractivity (Wildman–Crippen MR) is 124 cm³/mol. The molecule has 1 atom stereocenters. The van der Waals surface area contributed by atoms with Crippen molar-refractivity contribution < 1.29 is 29.0 Å². The number of nitrogens with zero attached hydrogens (tertiary/aromatic N) is 1. The van der Waals surface area contributed by atoms with Gasteiger partial charge in [-0.3, -0.25) is 14.5 Å². The van der Waals surface area contributed by atoms with E-state index >= 15 is 0 Å². The van der Waals surface area contributed by atoms with Crippen molar-refractivity contribution >= 4 is 34.7 Å². The van der Waals surface area contributed by atoms with Crippen LogP contribution in [0, 0.1) is 0 Å². The number of ketones is 1. The fourth-order valence-electron chi connectivity index (χ4n) is 3.72. The van der Waals surface area contributed by atoms with Gasteiger partial charge in [-0.2, -0.15) is 0 Å². The standard InChI is InChI=1S/C25H21NO6S/c1-3-32-25(30)16-6-10-17(11-7-16)26-21(15-8-12-18(31-2)13-9-15)20(23(28)24(26)29)22(27)19-5-4-14-33-19/h4-14,21,28H,3H2,1-2H3. The number of esters is 1. The summed E-state index contributed by atoms with van der Waals surface area (Å²) in [5, 5.41) is 12.5. The Balaban J connectivity index is 1.79. The lowest BCUT2D eigenvalue weighted by molar-refractivity contribution is -0.117. The molecule has 1 aromatic heterocycles. The minimum Gasteiger partial charge on any atom is -0.503 e. The Bertz CT molecular complexity index is 1210. The molecule has 0 spiro atoms. The summed E-state index contributed by atoms with van der Waals surface area (Å²) >= 11 is 1.24. The lowest BCUT2D eigenvalue weighted by Gasteiger charge is -2.27. The average molecular weight is 464 g/mol. The highest BCUT2D eigenvalue weighted by atomic mass is 32.1. The van der Waals surface area contributed by atoms with Gasteiger partial charge in [-0.05, 0) is 60.3 Å². The molecule has 1 N–H and O–H groups in total. The van der Waals surface area contributed by atoms with Gasteiger partial charge in [0.05, 0.1) is 35.8 Å². The zero-order valence-corrected chi connectivity index (χ0v) is 18.8. The van der Waals surface area contributed by atoms with E-state index in [0.29, 0.717) is 27.4 Å². The molecular weight excluding hydrogens is 442 g/mol. The van der Waals surface area contributed by atoms with Gasteiger partial charge < -0.3 is 14.6 Å². The molecule has 3 aromatic rings. The number of aliphatic hydroxyl groups is 1. The number of methoxy groups -OCH3 is 1. The summed E-state index contributed by atoms with van der Waals surface area (Å²) < 4.78 is 10.2. The summed E-state index contributed by atoms with van der Waals surface area (Å²) in [6.07, 6.45) is 0. The lowest BCUT2D eigenvalue weighted by atomic mass is 9.95. The van der Waals surface area contributed by atoms with Gasteiger partial charge in [-0.1, -0.05) is 18.2 Å². The number of carbonyl (C=O) groups is 3. The summed E-state index contributed by atoms with van der Waals surface area (Å²) in [6.45, 7) is 1.96. The van der Waals surface area contributed by atoms with Gasteiger partial charge in [0.2, 0.25) is 5.78 Å². The van der Waals surface area contributed by atoms with E-state index in [1.807, 2.05) is 0 Å². The van der Waals surface area contributed by atoms with Crippen LogP contribution in [0.3, 0.4) is 0 Å². The SMILES string of the molecule is CCOC(=O)c1ccc(N2C(=O)C(O)=C(C(=O)c3cccs3)C2c2ccc(OC)cc2)cc1. The molecule has 168 valence electrons. The fraction of sp³-hybridized carbons (Fsp3) is 0.160. The van der Waals surface area contributed by atoms with E-state index in [1.54, 1.807) is 80.1 Å². The molecule has 1 amide bonds. The Morgan fingerprint density at radius 3 is 2.33 bits per heavy atom. The number of hydrogen-bond acceptors (Lipinski definition) is 7. The molecule has 0 saturated heterocycles. The highest BCUT2D eigenvalue weighted by molar-refractivity contribution is 7.12. The number of rotatable bonds is 7. The van der Waals surface area contributed by atoms with E-state index < -0.39 is 29.5 Å². The van der Waals surface area contributed by atoms with E-state index in [9.17, 15) is 19.5 Å². The van der Waals surface area contributed by atoms with Crippen LogP contribution in [0.4, 0.5) is 5.69 Å². The van der Waals surface area contributed by atoms with Crippen molar-refractivity contribution in [2.24, 2.45) is 0 Å². The van der Waals surface area contributed by atoms with Gasteiger partial charge >= 0.3 is 5.97 Å². The van der Waals surface area contributed by atoms with Gasteiger partial charge in [0, 0.05) is 5.69 Å². The first-order valence-electron chi connectivity index (χ1n) is 10.2. The van der Waals surface area contributed by atoms with Crippen LogP contribution in [-0.2, 0) is 9.53 Å². The summed E-state index contributed by atoms with van der Waals surface area (Å²) in [7, 11) is 1.54. The third kappa shape index (κ3) is 4.12. The number of aliphatic hydroxyl groups excluding tert-OH is 1. The minimum atomic E-state index is -0.855. The second-order valence-electron chi connectivity index (χ2n) is 7.19. The van der Waals surface area contributed by atoms with Gasteiger partial charge in [0.25, 0.3) is 5.91 Å². The third-order valence-electron chi connectivity index (χ3n) is 5.29. The topological polar surface area (TPSA) is 93.1 Å². The van der Waals surface area contributed by atoms with Crippen molar-refractivity contribution in [3.8, 4) is 5.75 Å². The number of amides is 1. The summed E-state index contributed by atoms with van der Waals surface area (Å²) in [5.41, 5.74) is 1.39. The minimum absolute atomic E-state index is 0.00193. The normalized spacial score (nSPS) is 15.6. The molecule has 7 nitrogen and oxygen atoms in total. The van der Waals surface area contributed by atoms with Crippen molar-refractivity contribution in [1.29, 1.82) is 0 Å². The number of thiophene rings is 1. The van der Waals surface area contributed by atoms with Crippen molar-refractivity contribution in [1.82, 2.24) is 0 Å². The molecule has 1 aliphatic rings. The molecular formula is C25H21NO6S. The van der Waals surface area contributed by atoms with Crippen LogP contribution in [0.2, 0.25) is 0 Å².